The zero-order valence-electron chi connectivity index (χ0n) is 35.8. The smallest absolute Gasteiger partial charge is 0.305 e. The SMILES string of the molecule is CC(C)[C@H]1NC(=O)C(CCCCN)NC(=O)CNC(=O)[C@@H](CC(=O)O)NC(=O)[C@@H](Cc2ccc(OCCCNC(=O)c3ccc(N=NCc4ccccc4S(=O)(=O)O)nc3)cc2)NC1=O. The number of nitrogens with one attached hydrogen (secondary N) is 6. The Morgan fingerprint density at radius 2 is 1.58 bits per heavy atom. The average Bonchev–Trinajstić information content (AvgIpc) is 3.26. The molecule has 4 rings (SSSR count). The molecule has 6 amide bonds. The van der Waals surface area contributed by atoms with Crippen LogP contribution in [0.3, 0.4) is 0 Å². The Kier molecular flexibility index (Phi) is 19.4. The number of benzene rings is 2. The lowest BCUT2D eigenvalue weighted by Gasteiger charge is -2.27. The van der Waals surface area contributed by atoms with Gasteiger partial charge in [0.05, 0.1) is 36.6 Å². The third-order valence-corrected chi connectivity index (χ3v) is 10.8. The van der Waals surface area contributed by atoms with Crippen LogP contribution in [0.4, 0.5) is 5.82 Å². The molecule has 4 atom stereocenters. The molecule has 0 saturated carbocycles. The minimum atomic E-state index is -4.43. The van der Waals surface area contributed by atoms with E-state index in [1.165, 1.54) is 36.5 Å². The first-order chi connectivity index (χ1) is 30.9. The van der Waals surface area contributed by atoms with Gasteiger partial charge in [0.2, 0.25) is 29.5 Å². The van der Waals surface area contributed by atoms with Gasteiger partial charge < -0.3 is 47.5 Å². The second kappa shape index (κ2) is 24.9. The number of aromatic nitrogens is 1. The van der Waals surface area contributed by atoms with Crippen molar-refractivity contribution in [2.24, 2.45) is 21.9 Å². The predicted octanol–water partition coefficient (Wildman–Crippen LogP) is 0.682. The highest BCUT2D eigenvalue weighted by Crippen LogP contribution is 2.18. The Hall–Kier alpha value is -6.85. The molecular formula is C42H54N10O12S. The van der Waals surface area contributed by atoms with Crippen molar-refractivity contribution in [1.29, 1.82) is 0 Å². The number of carbonyl (C=O) groups excluding carboxylic acids is 6. The van der Waals surface area contributed by atoms with Gasteiger partial charge in [0.1, 0.15) is 29.9 Å². The topological polar surface area (TPSA) is 339 Å². The number of carboxylic acid groups (broad SMARTS) is 1. The molecule has 2 aromatic carbocycles. The molecule has 1 aliphatic rings. The maximum atomic E-state index is 13.8. The summed E-state index contributed by atoms with van der Waals surface area (Å²) in [6, 6.07) is 10.1. The van der Waals surface area contributed by atoms with Crippen molar-refractivity contribution >= 4 is 57.3 Å². The molecule has 3 aromatic rings. The summed E-state index contributed by atoms with van der Waals surface area (Å²) in [5, 5.41) is 32.8. The van der Waals surface area contributed by atoms with Crippen molar-refractivity contribution in [3.8, 4) is 5.75 Å². The van der Waals surface area contributed by atoms with E-state index in [1.54, 1.807) is 44.2 Å². The van der Waals surface area contributed by atoms with E-state index in [1.807, 2.05) is 0 Å². The van der Waals surface area contributed by atoms with Crippen molar-refractivity contribution in [1.82, 2.24) is 36.9 Å². The highest BCUT2D eigenvalue weighted by molar-refractivity contribution is 7.85. The lowest BCUT2D eigenvalue weighted by Crippen LogP contribution is -2.59. The number of unbranched alkanes of at least 4 members (excludes halogenated alkanes) is 1. The Balaban J connectivity index is 1.35. The van der Waals surface area contributed by atoms with Gasteiger partial charge in [-0.25, -0.2) is 4.98 Å². The van der Waals surface area contributed by atoms with E-state index in [4.69, 9.17) is 10.5 Å². The van der Waals surface area contributed by atoms with E-state index in [2.05, 4.69) is 47.1 Å². The van der Waals surface area contributed by atoms with Crippen LogP contribution in [-0.4, -0.2) is 115 Å². The second-order valence-corrected chi connectivity index (χ2v) is 16.7. The fraction of sp³-hybridized carbons (Fsp3) is 0.429. The Morgan fingerprint density at radius 3 is 2.25 bits per heavy atom. The third kappa shape index (κ3) is 16.7. The lowest BCUT2D eigenvalue weighted by atomic mass is 9.99. The van der Waals surface area contributed by atoms with Gasteiger partial charge in [0, 0.05) is 19.2 Å². The van der Waals surface area contributed by atoms with Crippen molar-refractivity contribution in [2.75, 3.05) is 26.2 Å². The molecule has 65 heavy (non-hydrogen) atoms. The number of amides is 6. The summed E-state index contributed by atoms with van der Waals surface area (Å²) >= 11 is 0. The fourth-order valence-electron chi connectivity index (χ4n) is 6.39. The second-order valence-electron chi connectivity index (χ2n) is 15.3. The molecule has 0 radical (unpaired) electrons. The number of ether oxygens (including phenoxy) is 1. The van der Waals surface area contributed by atoms with Crippen molar-refractivity contribution in [3.05, 3.63) is 83.6 Å². The molecular weight excluding hydrogens is 869 g/mol. The summed E-state index contributed by atoms with van der Waals surface area (Å²) in [5.74, 6) is -5.62. The molecule has 1 unspecified atom stereocenters. The average molecular weight is 923 g/mol. The van der Waals surface area contributed by atoms with E-state index in [-0.39, 0.29) is 54.4 Å². The molecule has 23 heteroatoms. The van der Waals surface area contributed by atoms with Gasteiger partial charge in [0.25, 0.3) is 16.0 Å². The third-order valence-electron chi connectivity index (χ3n) is 9.83. The van der Waals surface area contributed by atoms with Crippen LogP contribution in [0.5, 0.6) is 5.75 Å². The highest BCUT2D eigenvalue weighted by Gasteiger charge is 2.34. The van der Waals surface area contributed by atoms with E-state index >= 15 is 0 Å². The number of aliphatic carboxylic acids is 1. The van der Waals surface area contributed by atoms with Crippen LogP contribution in [0.1, 0.15) is 67.4 Å². The summed E-state index contributed by atoms with van der Waals surface area (Å²) in [6.45, 7) is 3.44. The van der Waals surface area contributed by atoms with Gasteiger partial charge in [0.15, 0.2) is 5.82 Å². The van der Waals surface area contributed by atoms with Gasteiger partial charge in [-0.15, -0.1) is 5.11 Å². The zero-order chi connectivity index (χ0) is 47.5. The van der Waals surface area contributed by atoms with Crippen molar-refractivity contribution < 1.29 is 56.4 Å². The first kappa shape index (κ1) is 50.8. The standard InChI is InChI=1S/C42H54N10O12S/c1-25(2)37-42(60)50-31(41(59)49-32(21-36(54)55)39(57)46-24-35(53)48-30(40(58)51-37)9-5-6-17-43)20-26-11-14-29(15-12-26)64-19-7-18-44-38(56)28-13-16-34(45-22-28)52-47-23-27-8-3-4-10-33(27)65(61,62)63/h3-4,8,10-16,22,25,30-32,37H,5-7,9,17-21,23-24,43H2,1-2H3,(H,44,56)(H,46,57)(H,48,53)(H,49,59)(H,50,60)(H,51,58)(H,54,55)(H,61,62,63)/t30?,31-,32-,37-/m1/s1. The van der Waals surface area contributed by atoms with E-state index in [0.717, 1.165) is 0 Å². The monoisotopic (exact) mass is 922 g/mol. The number of carboxylic acids is 1. The molecule has 1 fully saturated rings. The molecule has 10 N–H and O–H groups in total. The molecule has 2 heterocycles. The number of azo groups is 1. The zero-order valence-corrected chi connectivity index (χ0v) is 36.6. The Labute approximate surface area is 375 Å². The van der Waals surface area contributed by atoms with Crippen LogP contribution < -0.4 is 42.4 Å². The quantitative estimate of drug-likeness (QED) is 0.0454. The van der Waals surface area contributed by atoms with Crippen LogP contribution in [0, 0.1) is 5.92 Å². The summed E-state index contributed by atoms with van der Waals surface area (Å²) < 4.78 is 38.4. The number of rotatable bonds is 19. The fourth-order valence-corrected chi connectivity index (χ4v) is 7.10. The van der Waals surface area contributed by atoms with Crippen molar-refractivity contribution in [3.63, 3.8) is 0 Å². The maximum absolute atomic E-state index is 13.8. The number of nitrogens with two attached hydrogens (primary N) is 1. The Bertz CT molecular complexity index is 2290. The molecule has 0 bridgehead atoms. The van der Waals surface area contributed by atoms with E-state index in [9.17, 15) is 51.6 Å². The van der Waals surface area contributed by atoms with E-state index in [0.29, 0.717) is 37.1 Å². The molecule has 1 aliphatic heterocycles. The van der Waals surface area contributed by atoms with Gasteiger partial charge in [-0.1, -0.05) is 44.2 Å². The van der Waals surface area contributed by atoms with Crippen LogP contribution in [0.2, 0.25) is 0 Å². The van der Waals surface area contributed by atoms with Crippen LogP contribution in [0.25, 0.3) is 0 Å². The number of pyridine rings is 1. The number of carbonyl (C=O) groups is 7. The van der Waals surface area contributed by atoms with Crippen LogP contribution >= 0.6 is 0 Å². The summed E-state index contributed by atoms with van der Waals surface area (Å²) in [6.07, 6.45) is 2.01. The van der Waals surface area contributed by atoms with Gasteiger partial charge in [-0.05, 0) is 79.6 Å². The molecule has 350 valence electrons. The summed E-state index contributed by atoms with van der Waals surface area (Å²) in [4.78, 5) is 94.9. The first-order valence-corrected chi connectivity index (χ1v) is 22.2. The first-order valence-electron chi connectivity index (χ1n) is 20.7. The van der Waals surface area contributed by atoms with Crippen LogP contribution in [0.15, 0.2) is 82.0 Å². The Morgan fingerprint density at radius 1 is 0.877 bits per heavy atom. The summed E-state index contributed by atoms with van der Waals surface area (Å²) in [5.41, 5.74) is 6.66. The van der Waals surface area contributed by atoms with Crippen LogP contribution in [-0.2, 0) is 51.9 Å². The molecule has 1 saturated heterocycles. The largest absolute Gasteiger partial charge is 0.494 e. The van der Waals surface area contributed by atoms with Gasteiger partial charge in [-0.3, -0.25) is 38.1 Å². The van der Waals surface area contributed by atoms with Gasteiger partial charge >= 0.3 is 5.97 Å². The minimum absolute atomic E-state index is 0.115. The van der Waals surface area contributed by atoms with Crippen molar-refractivity contribution in [2.45, 2.75) is 88.0 Å². The molecule has 0 aliphatic carbocycles. The summed E-state index contributed by atoms with van der Waals surface area (Å²) in [7, 11) is -4.43. The number of hydrogen-bond acceptors (Lipinski definition) is 14. The molecule has 0 spiro atoms. The maximum Gasteiger partial charge on any atom is 0.305 e. The molecule has 22 nitrogen and oxygen atoms in total. The van der Waals surface area contributed by atoms with Gasteiger partial charge in [-0.2, -0.15) is 13.5 Å². The normalized spacial score (nSPS) is 18.9. The highest BCUT2D eigenvalue weighted by atomic mass is 32.2. The minimum Gasteiger partial charge on any atom is -0.494 e. The molecule has 1 aromatic heterocycles. The van der Waals surface area contributed by atoms with E-state index < -0.39 is 94.6 Å². The lowest BCUT2D eigenvalue weighted by molar-refractivity contribution is -0.141. The number of nitrogens with zero attached hydrogens (tertiary/aromatic N) is 3. The predicted molar refractivity (Wildman–Crippen MR) is 232 cm³/mol. The number of hydrogen-bond donors (Lipinski definition) is 9.